The largest absolute Gasteiger partial charge is 0.305 e. The zero-order valence-electron chi connectivity index (χ0n) is 16.0. The number of rotatable bonds is 4. The van der Waals surface area contributed by atoms with Crippen LogP contribution in [0.5, 0.6) is 0 Å². The zero-order chi connectivity index (χ0) is 17.2. The number of hydrogen-bond acceptors (Lipinski definition) is 1. The summed E-state index contributed by atoms with van der Waals surface area (Å²) in [7, 11) is -1.37. The van der Waals surface area contributed by atoms with Crippen molar-refractivity contribution in [3.63, 3.8) is 0 Å². The van der Waals surface area contributed by atoms with Crippen LogP contribution < -0.4 is 5.19 Å². The number of aromatic nitrogens is 1. The van der Waals surface area contributed by atoms with Crippen molar-refractivity contribution in [2.24, 2.45) is 5.92 Å². The van der Waals surface area contributed by atoms with Crippen LogP contribution in [-0.2, 0) is 26.5 Å². The van der Waals surface area contributed by atoms with E-state index in [2.05, 4.69) is 63.1 Å². The van der Waals surface area contributed by atoms with E-state index in [0.717, 1.165) is 17.2 Å². The Hall–Kier alpha value is -0.764. The molecule has 0 aliphatic heterocycles. The molecule has 25 heavy (non-hydrogen) atoms. The molecule has 1 radical (unpaired) electrons. The summed E-state index contributed by atoms with van der Waals surface area (Å²) in [5.74, 6) is 0.867. The van der Waals surface area contributed by atoms with E-state index >= 15 is 0 Å². The molecule has 1 heterocycles. The predicted molar refractivity (Wildman–Crippen MR) is 107 cm³/mol. The maximum atomic E-state index is 4.80. The van der Waals surface area contributed by atoms with Gasteiger partial charge in [-0.1, -0.05) is 70.3 Å². The maximum absolute atomic E-state index is 4.80. The van der Waals surface area contributed by atoms with Gasteiger partial charge in [-0.3, -0.25) is 0 Å². The minimum absolute atomic E-state index is 0. The molecule has 0 spiro atoms. The molecule has 1 aromatic carbocycles. The summed E-state index contributed by atoms with van der Waals surface area (Å²) in [6.45, 7) is 9.42. The van der Waals surface area contributed by atoms with E-state index in [1.807, 2.05) is 0 Å². The summed E-state index contributed by atoms with van der Waals surface area (Å²) in [5, 5.41) is 1.55. The van der Waals surface area contributed by atoms with E-state index in [1.165, 1.54) is 44.1 Å². The van der Waals surface area contributed by atoms with Gasteiger partial charge in [-0.2, -0.15) is 0 Å². The number of hydrogen-bond donors (Lipinski definition) is 0. The van der Waals surface area contributed by atoms with Gasteiger partial charge in [0.2, 0.25) is 0 Å². The molecule has 1 fully saturated rings. The molecule has 1 aliphatic carbocycles. The van der Waals surface area contributed by atoms with Crippen LogP contribution in [0, 0.1) is 18.9 Å². The Morgan fingerprint density at radius 2 is 1.84 bits per heavy atom. The molecule has 1 saturated carbocycles. The van der Waals surface area contributed by atoms with Crippen molar-refractivity contribution in [3.8, 4) is 11.3 Å². The molecule has 0 atom stereocenters. The summed E-state index contributed by atoms with van der Waals surface area (Å²) in [6.07, 6.45) is 10.5. The van der Waals surface area contributed by atoms with E-state index in [4.69, 9.17) is 4.98 Å². The Bertz CT molecular complexity index is 682. The summed E-state index contributed by atoms with van der Waals surface area (Å²) in [4.78, 5) is 4.80. The van der Waals surface area contributed by atoms with E-state index in [9.17, 15) is 0 Å². The molecule has 0 amide bonds. The molecule has 1 aliphatic rings. The fourth-order valence-electron chi connectivity index (χ4n) is 3.85. The minimum atomic E-state index is -1.37. The first-order valence-electron chi connectivity index (χ1n) is 9.41. The third-order valence-corrected chi connectivity index (χ3v) is 7.34. The molecule has 0 unspecified atom stereocenters. The molecule has 0 N–H and O–H groups in total. The monoisotopic (exact) mass is 529 g/mol. The Kier molecular flexibility index (Phi) is 7.19. The van der Waals surface area contributed by atoms with Gasteiger partial charge in [-0.25, -0.2) is 0 Å². The van der Waals surface area contributed by atoms with Crippen molar-refractivity contribution in [3.05, 3.63) is 47.7 Å². The van der Waals surface area contributed by atoms with Crippen LogP contribution in [0.1, 0.15) is 43.2 Å². The van der Waals surface area contributed by atoms with Crippen LogP contribution in [-0.4, -0.2) is 13.1 Å². The standard InChI is InChI=1S/C22H30NSi.Ir/c1-17-10-12-19(13-11-17)21-15-20(14-18-8-6-5-7-9-18)22(16-23-21)24(2,3)4;/h10-12,15-16,18H,5-9,14H2,1-4H3;/q-1;. The third kappa shape index (κ3) is 5.36. The molecule has 1 nitrogen and oxygen atoms in total. The van der Waals surface area contributed by atoms with Gasteiger partial charge in [0, 0.05) is 26.3 Å². The second-order valence-corrected chi connectivity index (χ2v) is 13.5. The van der Waals surface area contributed by atoms with Gasteiger partial charge < -0.3 is 4.98 Å². The fourth-order valence-corrected chi connectivity index (χ4v) is 5.44. The van der Waals surface area contributed by atoms with Crippen LogP contribution in [0.2, 0.25) is 19.6 Å². The summed E-state index contributed by atoms with van der Waals surface area (Å²) >= 11 is 0. The molecule has 0 saturated heterocycles. The van der Waals surface area contributed by atoms with Crippen molar-refractivity contribution in [1.82, 2.24) is 4.98 Å². The summed E-state index contributed by atoms with van der Waals surface area (Å²) in [5.41, 5.74) is 5.01. The molecule has 1 aromatic heterocycles. The zero-order valence-corrected chi connectivity index (χ0v) is 19.4. The fraction of sp³-hybridized carbons (Fsp3) is 0.500. The van der Waals surface area contributed by atoms with Crippen molar-refractivity contribution >= 4 is 13.3 Å². The number of aryl methyl sites for hydroxylation is 1. The Morgan fingerprint density at radius 3 is 2.44 bits per heavy atom. The number of benzene rings is 1. The molecular weight excluding hydrogens is 499 g/mol. The number of pyridine rings is 1. The first kappa shape index (κ1) is 20.5. The second-order valence-electron chi connectivity index (χ2n) is 8.46. The van der Waals surface area contributed by atoms with Crippen LogP contribution in [0.25, 0.3) is 11.3 Å². The van der Waals surface area contributed by atoms with Crippen molar-refractivity contribution in [2.45, 2.75) is 65.1 Å². The molecular formula is C22H30IrNSi-. The molecule has 2 aromatic rings. The van der Waals surface area contributed by atoms with Crippen molar-refractivity contribution in [2.75, 3.05) is 0 Å². The third-order valence-electron chi connectivity index (χ3n) is 5.28. The van der Waals surface area contributed by atoms with Gasteiger partial charge in [-0.05, 0) is 23.2 Å². The van der Waals surface area contributed by atoms with Gasteiger partial charge >= 0.3 is 0 Å². The van der Waals surface area contributed by atoms with Crippen LogP contribution in [0.15, 0.2) is 30.5 Å². The quantitative estimate of drug-likeness (QED) is 0.376. The predicted octanol–water partition coefficient (Wildman–Crippen LogP) is 5.52. The van der Waals surface area contributed by atoms with Crippen molar-refractivity contribution in [1.29, 1.82) is 0 Å². The molecule has 3 rings (SSSR count). The van der Waals surface area contributed by atoms with E-state index in [-0.39, 0.29) is 20.1 Å². The molecule has 3 heteroatoms. The van der Waals surface area contributed by atoms with E-state index in [1.54, 1.807) is 10.8 Å². The van der Waals surface area contributed by atoms with Gasteiger partial charge in [0.1, 0.15) is 0 Å². The summed E-state index contributed by atoms with van der Waals surface area (Å²) < 4.78 is 0. The minimum Gasteiger partial charge on any atom is -0.305 e. The van der Waals surface area contributed by atoms with Gasteiger partial charge in [-0.15, -0.1) is 35.4 Å². The second kappa shape index (κ2) is 8.75. The Morgan fingerprint density at radius 1 is 1.12 bits per heavy atom. The van der Waals surface area contributed by atoms with Crippen LogP contribution >= 0.6 is 0 Å². The van der Waals surface area contributed by atoms with E-state index in [0.29, 0.717) is 0 Å². The molecule has 0 bridgehead atoms. The summed E-state index contributed by atoms with van der Waals surface area (Å²) in [6, 6.07) is 12.1. The normalized spacial score (nSPS) is 15.7. The Labute approximate surface area is 168 Å². The Balaban J connectivity index is 0.00000225. The SMILES string of the molecule is Cc1c[c-]c(-c2cc(CC3CCCCC3)c([Si](C)(C)C)cn2)cc1.[Ir]. The van der Waals surface area contributed by atoms with Crippen molar-refractivity contribution < 1.29 is 20.1 Å². The topological polar surface area (TPSA) is 12.9 Å². The van der Waals surface area contributed by atoms with Gasteiger partial charge in [0.25, 0.3) is 0 Å². The van der Waals surface area contributed by atoms with Crippen LogP contribution in [0.4, 0.5) is 0 Å². The maximum Gasteiger partial charge on any atom is 0.0798 e. The average molecular weight is 529 g/mol. The smallest absolute Gasteiger partial charge is 0.0798 e. The van der Waals surface area contributed by atoms with E-state index < -0.39 is 8.07 Å². The van der Waals surface area contributed by atoms with Crippen LogP contribution in [0.3, 0.4) is 0 Å². The van der Waals surface area contributed by atoms with Gasteiger partial charge in [0.15, 0.2) is 0 Å². The first-order chi connectivity index (χ1) is 11.4. The average Bonchev–Trinajstić information content (AvgIpc) is 2.55. The van der Waals surface area contributed by atoms with Gasteiger partial charge in [0.05, 0.1) is 8.07 Å². The molecule has 137 valence electrons. The first-order valence-corrected chi connectivity index (χ1v) is 12.9. The number of nitrogens with zero attached hydrogens (tertiary/aromatic N) is 1.